The first-order chi connectivity index (χ1) is 11.0. The van der Waals surface area contributed by atoms with Crippen molar-refractivity contribution >= 4 is 18.0 Å². The zero-order valence-electron chi connectivity index (χ0n) is 15.2. The van der Waals surface area contributed by atoms with Gasteiger partial charge in [0.2, 0.25) is 0 Å². The standard InChI is InChI=1S/C14H26N2O4.C2H4O2/c1-14(2,3)20-13(18)16-11(12(17)19-4)8-10-6-5-7-15-9-10;1-2(3)4/h10-11,15H,5-9H2,1-4H3,(H,16,18);1H3,(H,3,4)/t10?,11-;/m0./s1. The molecule has 0 aliphatic carbocycles. The minimum absolute atomic E-state index is 0.364. The molecule has 0 bridgehead atoms. The molecule has 1 heterocycles. The van der Waals surface area contributed by atoms with Crippen molar-refractivity contribution in [2.75, 3.05) is 20.2 Å². The molecule has 1 saturated heterocycles. The molecule has 0 radical (unpaired) electrons. The Balaban J connectivity index is 0.00000118. The summed E-state index contributed by atoms with van der Waals surface area (Å²) in [6.45, 7) is 8.31. The lowest BCUT2D eigenvalue weighted by atomic mass is 9.92. The topological polar surface area (TPSA) is 114 Å². The van der Waals surface area contributed by atoms with Crippen LogP contribution in [0.25, 0.3) is 0 Å². The maximum absolute atomic E-state index is 11.8. The van der Waals surface area contributed by atoms with Crippen LogP contribution in [-0.4, -0.2) is 55.0 Å². The van der Waals surface area contributed by atoms with Crippen LogP contribution in [0.3, 0.4) is 0 Å². The lowest BCUT2D eigenvalue weighted by Crippen LogP contribution is -2.46. The van der Waals surface area contributed by atoms with Crippen LogP contribution >= 0.6 is 0 Å². The average Bonchev–Trinajstić information content (AvgIpc) is 2.44. The van der Waals surface area contributed by atoms with E-state index in [9.17, 15) is 9.59 Å². The molecule has 2 atom stereocenters. The summed E-state index contributed by atoms with van der Waals surface area (Å²) < 4.78 is 9.93. The molecular formula is C16H30N2O6. The molecule has 1 amide bonds. The molecule has 1 aliphatic heterocycles. The molecule has 8 nitrogen and oxygen atoms in total. The first-order valence-electron chi connectivity index (χ1n) is 8.02. The van der Waals surface area contributed by atoms with Crippen LogP contribution < -0.4 is 10.6 Å². The van der Waals surface area contributed by atoms with Crippen LogP contribution in [0.2, 0.25) is 0 Å². The molecule has 0 aromatic carbocycles. The highest BCUT2D eigenvalue weighted by molar-refractivity contribution is 5.81. The molecule has 1 unspecified atom stereocenters. The van der Waals surface area contributed by atoms with Gasteiger partial charge in [-0.3, -0.25) is 4.79 Å². The number of carbonyl (C=O) groups is 3. The van der Waals surface area contributed by atoms with Crippen molar-refractivity contribution in [3.63, 3.8) is 0 Å². The fourth-order valence-corrected chi connectivity index (χ4v) is 2.26. The van der Waals surface area contributed by atoms with Crippen LogP contribution in [0.1, 0.15) is 47.0 Å². The number of rotatable bonds is 4. The molecule has 24 heavy (non-hydrogen) atoms. The van der Waals surface area contributed by atoms with Gasteiger partial charge >= 0.3 is 12.1 Å². The van der Waals surface area contributed by atoms with Crippen molar-refractivity contribution in [2.45, 2.75) is 58.6 Å². The van der Waals surface area contributed by atoms with E-state index < -0.39 is 29.7 Å². The second-order valence-electron chi connectivity index (χ2n) is 6.69. The van der Waals surface area contributed by atoms with Gasteiger partial charge in [-0.05, 0) is 59.0 Å². The minimum atomic E-state index is -0.833. The van der Waals surface area contributed by atoms with E-state index in [0.717, 1.165) is 32.9 Å². The van der Waals surface area contributed by atoms with Crippen LogP contribution in [0.15, 0.2) is 0 Å². The number of carbonyl (C=O) groups excluding carboxylic acids is 2. The summed E-state index contributed by atoms with van der Waals surface area (Å²) in [4.78, 5) is 32.5. The Morgan fingerprint density at radius 1 is 1.33 bits per heavy atom. The van der Waals surface area contributed by atoms with Gasteiger partial charge in [-0.15, -0.1) is 0 Å². The fourth-order valence-electron chi connectivity index (χ4n) is 2.26. The molecule has 140 valence electrons. The van der Waals surface area contributed by atoms with Gasteiger partial charge in [0.15, 0.2) is 0 Å². The molecule has 0 saturated carbocycles. The van der Waals surface area contributed by atoms with Crippen LogP contribution in [-0.2, 0) is 19.1 Å². The van der Waals surface area contributed by atoms with Gasteiger partial charge in [0, 0.05) is 6.92 Å². The second kappa shape index (κ2) is 10.9. The lowest BCUT2D eigenvalue weighted by Gasteiger charge is -2.27. The largest absolute Gasteiger partial charge is 0.481 e. The molecular weight excluding hydrogens is 316 g/mol. The number of aliphatic carboxylic acids is 1. The van der Waals surface area contributed by atoms with Gasteiger partial charge < -0.3 is 25.2 Å². The number of piperidine rings is 1. The van der Waals surface area contributed by atoms with E-state index in [2.05, 4.69) is 10.6 Å². The Bertz CT molecular complexity index is 409. The summed E-state index contributed by atoms with van der Waals surface area (Å²) in [5.74, 6) is -0.899. The van der Waals surface area contributed by atoms with Crippen LogP contribution in [0, 0.1) is 5.92 Å². The number of esters is 1. The van der Waals surface area contributed by atoms with Gasteiger partial charge in [0.05, 0.1) is 7.11 Å². The van der Waals surface area contributed by atoms with Crippen molar-refractivity contribution in [3.05, 3.63) is 0 Å². The van der Waals surface area contributed by atoms with Gasteiger partial charge in [-0.25, -0.2) is 9.59 Å². The zero-order valence-corrected chi connectivity index (χ0v) is 15.2. The normalized spacial score (nSPS) is 18.5. The van der Waals surface area contributed by atoms with E-state index in [4.69, 9.17) is 19.4 Å². The number of carboxylic acid groups (broad SMARTS) is 1. The number of hydrogen-bond acceptors (Lipinski definition) is 6. The van der Waals surface area contributed by atoms with Crippen molar-refractivity contribution in [3.8, 4) is 0 Å². The Labute approximate surface area is 143 Å². The number of alkyl carbamates (subject to hydrolysis) is 1. The number of ether oxygens (including phenoxy) is 2. The summed E-state index contributed by atoms with van der Waals surface area (Å²) >= 11 is 0. The number of methoxy groups -OCH3 is 1. The molecule has 8 heteroatoms. The predicted octanol–water partition coefficient (Wildman–Crippen LogP) is 1.53. The van der Waals surface area contributed by atoms with E-state index in [0.29, 0.717) is 12.3 Å². The predicted molar refractivity (Wildman–Crippen MR) is 88.7 cm³/mol. The highest BCUT2D eigenvalue weighted by Gasteiger charge is 2.28. The number of hydrogen-bond donors (Lipinski definition) is 3. The monoisotopic (exact) mass is 346 g/mol. The third kappa shape index (κ3) is 11.7. The SMILES string of the molecule is CC(=O)O.COC(=O)[C@H](CC1CCCNC1)NC(=O)OC(C)(C)C. The quantitative estimate of drug-likeness (QED) is 0.661. The Morgan fingerprint density at radius 2 is 1.92 bits per heavy atom. The van der Waals surface area contributed by atoms with Crippen LogP contribution in [0.5, 0.6) is 0 Å². The summed E-state index contributed by atoms with van der Waals surface area (Å²) in [6, 6.07) is -0.653. The maximum Gasteiger partial charge on any atom is 0.408 e. The number of carboxylic acids is 1. The Morgan fingerprint density at radius 3 is 2.33 bits per heavy atom. The molecule has 3 N–H and O–H groups in total. The fraction of sp³-hybridized carbons (Fsp3) is 0.812. The van der Waals surface area contributed by atoms with E-state index in [1.807, 2.05) is 0 Å². The second-order valence-corrected chi connectivity index (χ2v) is 6.69. The molecule has 0 spiro atoms. The summed E-state index contributed by atoms with van der Waals surface area (Å²) in [5.41, 5.74) is -0.586. The maximum atomic E-state index is 11.8. The van der Waals surface area contributed by atoms with Crippen molar-refractivity contribution < 1.29 is 29.0 Å². The van der Waals surface area contributed by atoms with Crippen molar-refractivity contribution in [1.29, 1.82) is 0 Å². The number of nitrogens with one attached hydrogen (secondary N) is 2. The molecule has 0 aromatic rings. The molecule has 0 aromatic heterocycles. The first kappa shape index (κ1) is 22.2. The third-order valence-corrected chi connectivity index (χ3v) is 3.14. The highest BCUT2D eigenvalue weighted by Crippen LogP contribution is 2.17. The van der Waals surface area contributed by atoms with Gasteiger partial charge in [0.1, 0.15) is 11.6 Å². The van der Waals surface area contributed by atoms with E-state index in [1.165, 1.54) is 7.11 Å². The molecule has 1 fully saturated rings. The minimum Gasteiger partial charge on any atom is -0.481 e. The average molecular weight is 346 g/mol. The molecule has 1 rings (SSSR count). The Hall–Kier alpha value is -1.83. The third-order valence-electron chi connectivity index (χ3n) is 3.14. The first-order valence-corrected chi connectivity index (χ1v) is 8.02. The lowest BCUT2D eigenvalue weighted by molar-refractivity contribution is -0.143. The van der Waals surface area contributed by atoms with Crippen molar-refractivity contribution in [2.24, 2.45) is 5.92 Å². The zero-order chi connectivity index (χ0) is 18.8. The smallest absolute Gasteiger partial charge is 0.408 e. The summed E-state index contributed by atoms with van der Waals surface area (Å²) in [6.07, 6.45) is 2.12. The van der Waals surface area contributed by atoms with E-state index in [1.54, 1.807) is 20.8 Å². The highest BCUT2D eigenvalue weighted by atomic mass is 16.6. The summed E-state index contributed by atoms with van der Waals surface area (Å²) in [7, 11) is 1.32. The molecule has 1 aliphatic rings. The van der Waals surface area contributed by atoms with Gasteiger partial charge in [-0.2, -0.15) is 0 Å². The van der Waals surface area contributed by atoms with Crippen LogP contribution in [0.4, 0.5) is 4.79 Å². The summed E-state index contributed by atoms with van der Waals surface area (Å²) in [5, 5.41) is 13.3. The van der Waals surface area contributed by atoms with Gasteiger partial charge in [-0.1, -0.05) is 0 Å². The number of amides is 1. The van der Waals surface area contributed by atoms with Gasteiger partial charge in [0.25, 0.3) is 5.97 Å². The van der Waals surface area contributed by atoms with Crippen molar-refractivity contribution in [1.82, 2.24) is 10.6 Å². The van der Waals surface area contributed by atoms with E-state index >= 15 is 0 Å². The van der Waals surface area contributed by atoms with E-state index in [-0.39, 0.29) is 0 Å². The Kier molecular flexibility index (Phi) is 10.0.